The number of nitrogens with zero attached hydrogens (tertiary/aromatic N) is 5. The normalized spacial score (nSPS) is 19.2. The number of rotatable bonds is 11. The van der Waals surface area contributed by atoms with Crippen LogP contribution in [0.5, 0.6) is 0 Å². The fourth-order valence-corrected chi connectivity index (χ4v) is 7.20. The molecular formula is C18H16N8O7S4. The average molecular weight is 585 g/mol. The average Bonchev–Trinajstić information content (AvgIpc) is 3.53. The number of fused-ring (bicyclic) bond motifs is 1. The van der Waals surface area contributed by atoms with Crippen LogP contribution < -0.4 is 11.1 Å². The summed E-state index contributed by atoms with van der Waals surface area (Å²) in [7, 11) is 0. The molecule has 19 heteroatoms. The first-order chi connectivity index (χ1) is 17.7. The second kappa shape index (κ2) is 11.2. The minimum Gasteiger partial charge on any atom is -0.477 e. The first-order valence-electron chi connectivity index (χ1n) is 9.89. The Hall–Kier alpha value is -3.55. The molecule has 2 amide bonds. The van der Waals surface area contributed by atoms with Gasteiger partial charge in [-0.25, -0.2) is 14.6 Å². The first kappa shape index (κ1) is 26.5. The number of H-pyrrole nitrogens is 1. The van der Waals surface area contributed by atoms with E-state index in [9.17, 15) is 24.3 Å². The predicted octanol–water partition coefficient (Wildman–Crippen LogP) is 0.342. The van der Waals surface area contributed by atoms with Gasteiger partial charge in [0.25, 0.3) is 11.8 Å². The number of oxime groups is 1. The van der Waals surface area contributed by atoms with Crippen molar-refractivity contribution in [3.05, 3.63) is 40.2 Å². The molecule has 4 heterocycles. The molecule has 0 unspecified atom stereocenters. The van der Waals surface area contributed by atoms with Crippen LogP contribution in [0.2, 0.25) is 0 Å². The number of amides is 2. The molecule has 2 aliphatic heterocycles. The van der Waals surface area contributed by atoms with E-state index in [1.54, 1.807) is 0 Å². The molecule has 6 N–H and O–H groups in total. The zero-order valence-corrected chi connectivity index (χ0v) is 21.6. The van der Waals surface area contributed by atoms with E-state index in [4.69, 9.17) is 15.7 Å². The summed E-state index contributed by atoms with van der Waals surface area (Å²) in [6, 6.07) is -1.06. The molecule has 4 rings (SSSR count). The van der Waals surface area contributed by atoms with Crippen LogP contribution in [-0.4, -0.2) is 87.2 Å². The van der Waals surface area contributed by atoms with Gasteiger partial charge in [-0.05, 0) is 6.58 Å². The third-order valence-electron chi connectivity index (χ3n) is 4.72. The van der Waals surface area contributed by atoms with Crippen LogP contribution in [0.15, 0.2) is 44.7 Å². The summed E-state index contributed by atoms with van der Waals surface area (Å²) in [5.41, 5.74) is 5.03. The highest BCUT2D eigenvalue weighted by Crippen LogP contribution is 2.44. The van der Waals surface area contributed by atoms with E-state index in [-0.39, 0.29) is 16.5 Å². The Kier molecular flexibility index (Phi) is 8.05. The van der Waals surface area contributed by atoms with Crippen LogP contribution >= 0.6 is 46.6 Å². The topological polar surface area (TPSA) is 226 Å². The summed E-state index contributed by atoms with van der Waals surface area (Å²) in [6.07, 6.45) is 1.54. The molecule has 1 saturated heterocycles. The van der Waals surface area contributed by atoms with Crippen molar-refractivity contribution >= 4 is 81.2 Å². The van der Waals surface area contributed by atoms with Gasteiger partial charge in [-0.2, -0.15) is 10.3 Å². The molecule has 0 aliphatic carbocycles. The van der Waals surface area contributed by atoms with E-state index < -0.39 is 46.6 Å². The Morgan fingerprint density at radius 1 is 1.38 bits per heavy atom. The van der Waals surface area contributed by atoms with Crippen LogP contribution in [0.25, 0.3) is 0 Å². The number of carboxylic acid groups (broad SMARTS) is 2. The third-order valence-corrected chi connectivity index (χ3v) is 8.98. The van der Waals surface area contributed by atoms with Gasteiger partial charge in [0.05, 0.1) is 11.3 Å². The molecule has 2 aromatic rings. The van der Waals surface area contributed by atoms with Crippen LogP contribution in [-0.2, 0) is 24.0 Å². The summed E-state index contributed by atoms with van der Waals surface area (Å²) >= 11 is 4.92. The number of carboxylic acids is 2. The number of anilines is 1. The van der Waals surface area contributed by atoms with Crippen molar-refractivity contribution in [1.29, 1.82) is 0 Å². The van der Waals surface area contributed by atoms with Gasteiger partial charge in [0.15, 0.2) is 10.8 Å². The van der Waals surface area contributed by atoms with E-state index >= 15 is 0 Å². The molecule has 0 saturated carbocycles. The largest absolute Gasteiger partial charge is 0.477 e. The number of nitrogens with one attached hydrogen (secondary N) is 2. The maximum Gasteiger partial charge on any atom is 0.374 e. The van der Waals surface area contributed by atoms with Gasteiger partial charge in [-0.1, -0.05) is 16.9 Å². The summed E-state index contributed by atoms with van der Waals surface area (Å²) in [5.74, 6) is -4.73. The number of aromatic amines is 1. The molecule has 0 bridgehead atoms. The smallest absolute Gasteiger partial charge is 0.374 e. The molecule has 0 radical (unpaired) electrons. The van der Waals surface area contributed by atoms with Gasteiger partial charge < -0.3 is 26.1 Å². The van der Waals surface area contributed by atoms with Crippen molar-refractivity contribution in [3.63, 3.8) is 0 Å². The Bertz CT molecular complexity index is 1330. The number of thioether (sulfide) groups is 3. The second-order valence-corrected chi connectivity index (χ2v) is 11.4. The SMILES string of the molecule is C=C(O/N=C(/C(=O)N[C@@H]1C(=O)N2C(C(=O)O)=C(SCSc3cn[nH]n3)CS[C@H]12)c1csc(N)n1)C(=O)O. The van der Waals surface area contributed by atoms with Gasteiger partial charge in [-0.15, -0.1) is 40.0 Å². The first-order valence-corrected chi connectivity index (χ1v) is 13.8. The van der Waals surface area contributed by atoms with Crippen molar-refractivity contribution in [2.45, 2.75) is 16.4 Å². The lowest BCUT2D eigenvalue weighted by atomic mass is 10.0. The number of hydrogen-bond acceptors (Lipinski definition) is 14. The van der Waals surface area contributed by atoms with Crippen molar-refractivity contribution in [2.75, 3.05) is 16.6 Å². The van der Waals surface area contributed by atoms with Crippen molar-refractivity contribution in [3.8, 4) is 0 Å². The Morgan fingerprint density at radius 2 is 2.16 bits per heavy atom. The molecule has 2 aromatic heterocycles. The van der Waals surface area contributed by atoms with Crippen LogP contribution in [0.3, 0.4) is 0 Å². The minimum atomic E-state index is -1.49. The maximum absolute atomic E-state index is 13.0. The summed E-state index contributed by atoms with van der Waals surface area (Å²) in [6.45, 7) is 3.17. The van der Waals surface area contributed by atoms with Gasteiger partial charge in [0.1, 0.15) is 27.8 Å². The monoisotopic (exact) mass is 584 g/mol. The Morgan fingerprint density at radius 3 is 2.78 bits per heavy atom. The van der Waals surface area contributed by atoms with Crippen LogP contribution in [0.4, 0.5) is 5.13 Å². The summed E-state index contributed by atoms with van der Waals surface area (Å²) < 4.78 is 0. The Balaban J connectivity index is 1.48. The number of β-lactam (4-membered cyclic amide) rings is 1. The highest BCUT2D eigenvalue weighted by molar-refractivity contribution is 8.18. The van der Waals surface area contributed by atoms with Gasteiger partial charge in [0.2, 0.25) is 5.76 Å². The van der Waals surface area contributed by atoms with Crippen molar-refractivity contribution in [2.24, 2.45) is 5.16 Å². The molecular weight excluding hydrogens is 569 g/mol. The van der Waals surface area contributed by atoms with Gasteiger partial charge >= 0.3 is 11.9 Å². The fourth-order valence-electron chi connectivity index (χ4n) is 3.07. The number of nitrogens with two attached hydrogens (primary N) is 1. The molecule has 0 aromatic carbocycles. The molecule has 2 aliphatic rings. The number of carbonyl (C=O) groups is 4. The van der Waals surface area contributed by atoms with Crippen molar-refractivity contribution < 1.29 is 34.2 Å². The third kappa shape index (κ3) is 5.73. The highest BCUT2D eigenvalue weighted by Gasteiger charge is 2.54. The van der Waals surface area contributed by atoms with E-state index in [2.05, 4.69) is 37.4 Å². The van der Waals surface area contributed by atoms with E-state index in [0.29, 0.717) is 20.8 Å². The second-order valence-electron chi connectivity index (χ2n) is 6.98. The lowest BCUT2D eigenvalue weighted by molar-refractivity contribution is -0.150. The summed E-state index contributed by atoms with van der Waals surface area (Å²) in [4.78, 5) is 59.2. The Labute approximate surface area is 224 Å². The van der Waals surface area contributed by atoms with E-state index in [1.807, 2.05) is 0 Å². The van der Waals surface area contributed by atoms with E-state index in [1.165, 1.54) is 46.9 Å². The summed E-state index contributed by atoms with van der Waals surface area (Å²) in [5, 5.41) is 36.8. The number of aromatic nitrogens is 4. The molecule has 1 fully saturated rings. The molecule has 194 valence electrons. The minimum absolute atomic E-state index is 0.00691. The number of aliphatic carboxylic acids is 2. The fraction of sp³-hybridized carbons (Fsp3) is 0.222. The maximum atomic E-state index is 13.0. The van der Waals surface area contributed by atoms with Crippen LogP contribution in [0.1, 0.15) is 5.69 Å². The number of hydrogen-bond donors (Lipinski definition) is 5. The van der Waals surface area contributed by atoms with Gasteiger partial charge in [0, 0.05) is 16.0 Å². The van der Waals surface area contributed by atoms with E-state index in [0.717, 1.165) is 16.2 Å². The standard InChI is InChI=1S/C18H16N8O7S4/c1-6(16(29)30)33-24-10(7-3-35-18(19)21-7)13(27)22-11-14(28)26-12(17(31)32)8(4-34-15(11)26)36-5-37-9-2-20-25-23-9/h2-3,11,15H,1,4-5H2,(H2,19,21)(H,22,27)(H,29,30)(H,31,32)(H,20,23,25)/b24-10+/t11-,15-/m1/s1. The molecule has 2 atom stereocenters. The lowest BCUT2D eigenvalue weighted by Crippen LogP contribution is -2.71. The highest BCUT2D eigenvalue weighted by atomic mass is 32.2. The van der Waals surface area contributed by atoms with Gasteiger partial charge in [-0.3, -0.25) is 14.5 Å². The number of nitrogen functional groups attached to an aromatic ring is 1. The number of thiazole rings is 1. The number of carbonyl (C=O) groups excluding carboxylic acids is 2. The lowest BCUT2D eigenvalue weighted by Gasteiger charge is -2.49. The van der Waals surface area contributed by atoms with Crippen molar-refractivity contribution in [1.82, 2.24) is 30.6 Å². The molecule has 15 nitrogen and oxygen atoms in total. The quantitative estimate of drug-likeness (QED) is 0.0457. The molecule has 0 spiro atoms. The predicted molar refractivity (Wildman–Crippen MR) is 135 cm³/mol. The van der Waals surface area contributed by atoms with Crippen LogP contribution in [0, 0.1) is 0 Å². The zero-order chi connectivity index (χ0) is 26.7. The zero-order valence-electron chi connectivity index (χ0n) is 18.3. The molecule has 37 heavy (non-hydrogen) atoms.